The van der Waals surface area contributed by atoms with Crippen LogP contribution in [0.2, 0.25) is 0 Å². The summed E-state index contributed by atoms with van der Waals surface area (Å²) in [6, 6.07) is 10.6. The van der Waals surface area contributed by atoms with Crippen molar-refractivity contribution in [3.8, 4) is 0 Å². The molecule has 6 nitrogen and oxygen atoms in total. The zero-order valence-corrected chi connectivity index (χ0v) is 15.5. The fraction of sp³-hybridized carbons (Fsp3) is 0.381. The van der Waals surface area contributed by atoms with Gasteiger partial charge in [0.15, 0.2) is 0 Å². The van der Waals surface area contributed by atoms with Gasteiger partial charge >= 0.3 is 5.97 Å². The van der Waals surface area contributed by atoms with Crippen molar-refractivity contribution in [3.63, 3.8) is 0 Å². The van der Waals surface area contributed by atoms with Gasteiger partial charge < -0.3 is 15.3 Å². The lowest BCUT2D eigenvalue weighted by atomic mass is 10.0. The first-order valence-electron chi connectivity index (χ1n) is 9.40. The largest absolute Gasteiger partial charge is 0.481 e. The first-order chi connectivity index (χ1) is 13.0. The van der Waals surface area contributed by atoms with E-state index < -0.39 is 11.9 Å². The van der Waals surface area contributed by atoms with Crippen LogP contribution in [0.15, 0.2) is 42.6 Å². The molecule has 0 bridgehead atoms. The number of aliphatic carboxylic acids is 1. The summed E-state index contributed by atoms with van der Waals surface area (Å²) in [5.41, 5.74) is 1.70. The van der Waals surface area contributed by atoms with Gasteiger partial charge in [0.2, 0.25) is 0 Å². The molecule has 1 unspecified atom stereocenters. The van der Waals surface area contributed by atoms with Gasteiger partial charge in [-0.2, -0.15) is 0 Å². The minimum atomic E-state index is -0.897. The van der Waals surface area contributed by atoms with E-state index >= 15 is 0 Å². The molecule has 0 radical (unpaired) electrons. The number of nitrogens with one attached hydrogen (secondary N) is 1. The number of benzene rings is 1. The second-order valence-electron chi connectivity index (χ2n) is 6.95. The number of nitrogens with zero attached hydrogens (tertiary/aromatic N) is 2. The van der Waals surface area contributed by atoms with Gasteiger partial charge in [-0.05, 0) is 49.6 Å². The van der Waals surface area contributed by atoms with Crippen LogP contribution in [-0.4, -0.2) is 35.1 Å². The van der Waals surface area contributed by atoms with Crippen LogP contribution in [0, 0.1) is 0 Å². The first-order valence-corrected chi connectivity index (χ1v) is 9.40. The number of amides is 1. The predicted octanol–water partition coefficient (Wildman–Crippen LogP) is 3.90. The minimum Gasteiger partial charge on any atom is -0.481 e. The van der Waals surface area contributed by atoms with E-state index in [4.69, 9.17) is 5.11 Å². The van der Waals surface area contributed by atoms with Crippen LogP contribution >= 0.6 is 0 Å². The third-order valence-electron chi connectivity index (χ3n) is 4.96. The lowest BCUT2D eigenvalue weighted by molar-refractivity contribution is -0.138. The average molecular weight is 367 g/mol. The Morgan fingerprint density at radius 1 is 1.11 bits per heavy atom. The third kappa shape index (κ3) is 4.84. The molecule has 142 valence electrons. The van der Waals surface area contributed by atoms with Gasteiger partial charge in [-0.1, -0.05) is 25.0 Å². The molecule has 6 heteroatoms. The summed E-state index contributed by atoms with van der Waals surface area (Å²) in [7, 11) is 0. The topological polar surface area (TPSA) is 82.5 Å². The number of hydrogen-bond donors (Lipinski definition) is 2. The Morgan fingerprint density at radius 3 is 2.48 bits per heavy atom. The molecule has 1 atom stereocenters. The normalized spacial score (nSPS) is 15.7. The molecule has 1 saturated heterocycles. The summed E-state index contributed by atoms with van der Waals surface area (Å²) in [6.45, 7) is 3.63. The highest BCUT2D eigenvalue weighted by Crippen LogP contribution is 2.21. The molecule has 1 amide bonds. The summed E-state index contributed by atoms with van der Waals surface area (Å²) >= 11 is 0. The van der Waals surface area contributed by atoms with Crippen LogP contribution in [0.5, 0.6) is 0 Å². The molecule has 1 aromatic carbocycles. The van der Waals surface area contributed by atoms with Gasteiger partial charge in [0.25, 0.3) is 5.91 Å². The zero-order valence-electron chi connectivity index (χ0n) is 15.5. The Kier molecular flexibility index (Phi) is 6.06. The van der Waals surface area contributed by atoms with Crippen molar-refractivity contribution >= 4 is 23.4 Å². The average Bonchev–Trinajstić information content (AvgIpc) is 2.97. The van der Waals surface area contributed by atoms with Crippen molar-refractivity contribution in [2.45, 2.75) is 38.5 Å². The van der Waals surface area contributed by atoms with Crippen LogP contribution in [0.25, 0.3) is 0 Å². The molecule has 1 fully saturated rings. The molecule has 0 spiro atoms. The van der Waals surface area contributed by atoms with E-state index in [1.54, 1.807) is 43.5 Å². The summed E-state index contributed by atoms with van der Waals surface area (Å²) < 4.78 is 0. The number of pyridine rings is 1. The van der Waals surface area contributed by atoms with E-state index in [2.05, 4.69) is 15.2 Å². The Bertz CT molecular complexity index is 797. The van der Waals surface area contributed by atoms with E-state index in [1.807, 2.05) is 6.07 Å². The molecule has 1 aromatic heterocycles. The standard InChI is InChI=1S/C21H25N3O3/c1-15(21(26)27)16-7-6-8-18(13-16)23-20(25)17-9-10-19(22-14-17)24-11-4-2-3-5-12-24/h6-10,13-15H,2-5,11-12H2,1H3,(H,23,25)(H,26,27). The number of rotatable bonds is 5. The fourth-order valence-corrected chi connectivity index (χ4v) is 3.24. The van der Waals surface area contributed by atoms with Crippen LogP contribution in [0.4, 0.5) is 11.5 Å². The predicted molar refractivity (Wildman–Crippen MR) is 105 cm³/mol. The number of anilines is 2. The lowest BCUT2D eigenvalue weighted by Gasteiger charge is -2.21. The number of carbonyl (C=O) groups is 2. The highest BCUT2D eigenvalue weighted by Gasteiger charge is 2.15. The smallest absolute Gasteiger partial charge is 0.310 e. The van der Waals surface area contributed by atoms with E-state index in [0.29, 0.717) is 16.8 Å². The monoisotopic (exact) mass is 367 g/mol. The fourth-order valence-electron chi connectivity index (χ4n) is 3.24. The van der Waals surface area contributed by atoms with Gasteiger partial charge in [0.1, 0.15) is 5.82 Å². The summed E-state index contributed by atoms with van der Waals surface area (Å²) in [5.74, 6) is -0.876. The van der Waals surface area contributed by atoms with Crippen molar-refractivity contribution in [1.29, 1.82) is 0 Å². The molecule has 1 aliphatic heterocycles. The summed E-state index contributed by atoms with van der Waals surface area (Å²) in [4.78, 5) is 30.4. The quantitative estimate of drug-likeness (QED) is 0.837. The van der Waals surface area contributed by atoms with Crippen LogP contribution < -0.4 is 10.2 Å². The van der Waals surface area contributed by atoms with E-state index in [1.165, 1.54) is 25.7 Å². The highest BCUT2D eigenvalue weighted by molar-refractivity contribution is 6.04. The highest BCUT2D eigenvalue weighted by atomic mass is 16.4. The van der Waals surface area contributed by atoms with Crippen molar-refractivity contribution in [3.05, 3.63) is 53.7 Å². The lowest BCUT2D eigenvalue weighted by Crippen LogP contribution is -2.25. The molecular formula is C21H25N3O3. The van der Waals surface area contributed by atoms with Gasteiger partial charge in [-0.15, -0.1) is 0 Å². The Morgan fingerprint density at radius 2 is 1.85 bits per heavy atom. The van der Waals surface area contributed by atoms with Crippen LogP contribution in [0.3, 0.4) is 0 Å². The number of carboxylic acids is 1. The number of hydrogen-bond acceptors (Lipinski definition) is 4. The Hall–Kier alpha value is -2.89. The third-order valence-corrected chi connectivity index (χ3v) is 4.96. The van der Waals surface area contributed by atoms with Crippen LogP contribution in [0.1, 0.15) is 54.4 Å². The molecular weight excluding hydrogens is 342 g/mol. The van der Waals surface area contributed by atoms with Gasteiger partial charge in [0.05, 0.1) is 11.5 Å². The van der Waals surface area contributed by atoms with Crippen molar-refractivity contribution in [2.75, 3.05) is 23.3 Å². The Labute approximate surface area is 159 Å². The van der Waals surface area contributed by atoms with Crippen molar-refractivity contribution < 1.29 is 14.7 Å². The maximum atomic E-state index is 12.5. The van der Waals surface area contributed by atoms with Gasteiger partial charge in [-0.3, -0.25) is 9.59 Å². The Balaban J connectivity index is 1.67. The van der Waals surface area contributed by atoms with E-state index in [9.17, 15) is 9.59 Å². The SMILES string of the molecule is CC(C(=O)O)c1cccc(NC(=O)c2ccc(N3CCCCCC3)nc2)c1. The van der Waals surface area contributed by atoms with Crippen molar-refractivity contribution in [2.24, 2.45) is 0 Å². The molecule has 0 aliphatic carbocycles. The van der Waals surface area contributed by atoms with Crippen LogP contribution in [-0.2, 0) is 4.79 Å². The molecule has 0 saturated carbocycles. The van der Waals surface area contributed by atoms with Crippen molar-refractivity contribution in [1.82, 2.24) is 4.98 Å². The molecule has 1 aliphatic rings. The summed E-state index contributed by atoms with van der Waals surface area (Å²) in [5, 5.41) is 12.0. The summed E-state index contributed by atoms with van der Waals surface area (Å²) in [6.07, 6.45) is 6.47. The molecule has 3 rings (SSSR count). The molecule has 2 heterocycles. The van der Waals surface area contributed by atoms with Gasteiger partial charge in [0, 0.05) is 25.0 Å². The second kappa shape index (κ2) is 8.66. The molecule has 27 heavy (non-hydrogen) atoms. The number of carbonyl (C=O) groups excluding carboxylic acids is 1. The van der Waals surface area contributed by atoms with E-state index in [-0.39, 0.29) is 5.91 Å². The second-order valence-corrected chi connectivity index (χ2v) is 6.95. The molecule has 2 aromatic rings. The number of aromatic nitrogens is 1. The molecule has 2 N–H and O–H groups in total. The first kappa shape index (κ1) is 18.9. The zero-order chi connectivity index (χ0) is 19.2. The van der Waals surface area contributed by atoms with E-state index in [0.717, 1.165) is 18.9 Å². The maximum absolute atomic E-state index is 12.5. The number of carboxylic acid groups (broad SMARTS) is 1. The van der Waals surface area contributed by atoms with Gasteiger partial charge in [-0.25, -0.2) is 4.98 Å². The minimum absolute atomic E-state index is 0.259. The maximum Gasteiger partial charge on any atom is 0.310 e.